The number of aliphatic hydroxyl groups is 2. The Morgan fingerprint density at radius 3 is 1.97 bits per heavy atom. The molecule has 12 nitrogen and oxygen atoms in total. The molecule has 13 heteroatoms. The average molecular weight is 487 g/mol. The number of hydrogen-bond acceptors (Lipinski definition) is 9. The zero-order valence-electron chi connectivity index (χ0n) is 18.1. The van der Waals surface area contributed by atoms with Gasteiger partial charge in [0.05, 0.1) is 13.2 Å². The lowest BCUT2D eigenvalue weighted by molar-refractivity contribution is -0.142. The van der Waals surface area contributed by atoms with Crippen LogP contribution < -0.4 is 21.7 Å². The number of carbonyl (C=O) groups excluding carboxylic acids is 3. The summed E-state index contributed by atoms with van der Waals surface area (Å²) in [5, 5.41) is 44.3. The Hall–Kier alpha value is -2.87. The summed E-state index contributed by atoms with van der Waals surface area (Å²) in [6.45, 7) is -1.44. The molecule has 0 fully saturated rings. The average Bonchev–Trinajstić information content (AvgIpc) is 2.79. The van der Waals surface area contributed by atoms with Crippen LogP contribution in [-0.2, 0) is 25.6 Å². The number of amides is 3. The minimum Gasteiger partial charge on any atom is -0.508 e. The van der Waals surface area contributed by atoms with Crippen LogP contribution in [0.25, 0.3) is 0 Å². The number of phenols is 1. The number of nitrogens with one attached hydrogen (secondary N) is 3. The van der Waals surface area contributed by atoms with Gasteiger partial charge in [-0.25, -0.2) is 4.79 Å². The Morgan fingerprint density at radius 1 is 0.909 bits per heavy atom. The van der Waals surface area contributed by atoms with Crippen molar-refractivity contribution in [3.63, 3.8) is 0 Å². The molecular formula is C20H30N4O8S. The maximum Gasteiger partial charge on any atom is 0.326 e. The molecule has 0 radical (unpaired) electrons. The van der Waals surface area contributed by atoms with E-state index >= 15 is 0 Å². The Balaban J connectivity index is 2.84. The van der Waals surface area contributed by atoms with E-state index in [0.29, 0.717) is 11.3 Å². The zero-order valence-corrected chi connectivity index (χ0v) is 18.9. The number of thioether (sulfide) groups is 1. The summed E-state index contributed by atoms with van der Waals surface area (Å²) in [6.07, 6.45) is 1.88. The molecular weight excluding hydrogens is 456 g/mol. The number of phenolic OH excluding ortho intramolecular Hbond substituents is 1. The molecule has 0 aliphatic carbocycles. The highest BCUT2D eigenvalue weighted by molar-refractivity contribution is 7.98. The van der Waals surface area contributed by atoms with E-state index < -0.39 is 61.1 Å². The van der Waals surface area contributed by atoms with Gasteiger partial charge < -0.3 is 42.1 Å². The van der Waals surface area contributed by atoms with Crippen molar-refractivity contribution in [3.8, 4) is 5.75 Å². The first-order chi connectivity index (χ1) is 15.6. The van der Waals surface area contributed by atoms with Gasteiger partial charge in [0.1, 0.15) is 29.9 Å². The minimum atomic E-state index is -1.47. The molecule has 0 heterocycles. The maximum absolute atomic E-state index is 12.6. The van der Waals surface area contributed by atoms with Crippen LogP contribution in [0.3, 0.4) is 0 Å². The normalized spacial score (nSPS) is 14.4. The zero-order chi connectivity index (χ0) is 25.0. The molecule has 0 bridgehead atoms. The van der Waals surface area contributed by atoms with E-state index in [1.54, 1.807) is 6.26 Å². The van der Waals surface area contributed by atoms with Crippen molar-refractivity contribution in [1.82, 2.24) is 16.0 Å². The molecule has 1 rings (SSSR count). The van der Waals surface area contributed by atoms with Gasteiger partial charge in [0.15, 0.2) is 0 Å². The summed E-state index contributed by atoms with van der Waals surface area (Å²) in [5.74, 6) is -3.32. The first-order valence-electron chi connectivity index (χ1n) is 10.0. The summed E-state index contributed by atoms with van der Waals surface area (Å²) in [6, 6.07) is 0.593. The second-order valence-electron chi connectivity index (χ2n) is 7.15. The largest absolute Gasteiger partial charge is 0.508 e. The third-order valence-corrected chi connectivity index (χ3v) is 5.23. The first kappa shape index (κ1) is 28.2. The molecule has 1 aromatic rings. The molecule has 0 aliphatic heterocycles. The first-order valence-corrected chi connectivity index (χ1v) is 11.4. The summed E-state index contributed by atoms with van der Waals surface area (Å²) < 4.78 is 0. The number of aromatic hydroxyl groups is 1. The highest BCUT2D eigenvalue weighted by Crippen LogP contribution is 2.11. The Labute approximate surface area is 194 Å². The second-order valence-corrected chi connectivity index (χ2v) is 8.13. The molecule has 184 valence electrons. The van der Waals surface area contributed by atoms with Gasteiger partial charge in [0.25, 0.3) is 0 Å². The number of rotatable bonds is 14. The van der Waals surface area contributed by atoms with E-state index in [1.165, 1.54) is 36.0 Å². The van der Waals surface area contributed by atoms with Crippen LogP contribution in [0.2, 0.25) is 0 Å². The number of aliphatic hydroxyl groups excluding tert-OH is 2. The van der Waals surface area contributed by atoms with Gasteiger partial charge in [-0.3, -0.25) is 14.4 Å². The number of carboxylic acids is 1. The van der Waals surface area contributed by atoms with Crippen LogP contribution in [-0.4, -0.2) is 93.5 Å². The van der Waals surface area contributed by atoms with Crippen molar-refractivity contribution in [2.75, 3.05) is 25.2 Å². The minimum absolute atomic E-state index is 0.000723. The number of hydrogen-bond donors (Lipinski definition) is 8. The van der Waals surface area contributed by atoms with Crippen LogP contribution in [0.4, 0.5) is 0 Å². The molecule has 9 N–H and O–H groups in total. The molecule has 33 heavy (non-hydrogen) atoms. The van der Waals surface area contributed by atoms with Gasteiger partial charge in [-0.2, -0.15) is 11.8 Å². The predicted molar refractivity (Wildman–Crippen MR) is 120 cm³/mol. The molecule has 0 saturated carbocycles. The highest BCUT2D eigenvalue weighted by Gasteiger charge is 2.30. The van der Waals surface area contributed by atoms with Crippen LogP contribution in [0.1, 0.15) is 12.0 Å². The Bertz CT molecular complexity index is 808. The molecule has 0 saturated heterocycles. The number of carboxylic acid groups (broad SMARTS) is 1. The lowest BCUT2D eigenvalue weighted by Gasteiger charge is -2.24. The van der Waals surface area contributed by atoms with Gasteiger partial charge in [-0.05, 0) is 36.1 Å². The summed E-state index contributed by atoms with van der Waals surface area (Å²) in [4.78, 5) is 48.7. The summed E-state index contributed by atoms with van der Waals surface area (Å²) in [7, 11) is 0. The van der Waals surface area contributed by atoms with Gasteiger partial charge in [-0.15, -0.1) is 0 Å². The van der Waals surface area contributed by atoms with Crippen molar-refractivity contribution in [2.45, 2.75) is 37.0 Å². The van der Waals surface area contributed by atoms with Crippen molar-refractivity contribution < 1.29 is 39.6 Å². The van der Waals surface area contributed by atoms with E-state index in [4.69, 9.17) is 10.8 Å². The molecule has 1 aromatic carbocycles. The van der Waals surface area contributed by atoms with Gasteiger partial charge >= 0.3 is 5.97 Å². The Morgan fingerprint density at radius 2 is 1.45 bits per heavy atom. The van der Waals surface area contributed by atoms with Crippen LogP contribution >= 0.6 is 11.8 Å². The maximum atomic E-state index is 12.6. The third-order valence-electron chi connectivity index (χ3n) is 4.58. The quantitative estimate of drug-likeness (QED) is 0.139. The fraction of sp³-hybridized carbons (Fsp3) is 0.500. The molecule has 0 aliphatic rings. The fourth-order valence-corrected chi connectivity index (χ4v) is 3.14. The van der Waals surface area contributed by atoms with E-state index in [2.05, 4.69) is 16.0 Å². The van der Waals surface area contributed by atoms with Gasteiger partial charge in [0, 0.05) is 6.42 Å². The van der Waals surface area contributed by atoms with Crippen molar-refractivity contribution in [3.05, 3.63) is 29.8 Å². The van der Waals surface area contributed by atoms with Crippen LogP contribution in [0.15, 0.2) is 24.3 Å². The SMILES string of the molecule is CSCCC(NC(=O)C(N)CO)C(=O)NC(CO)C(=O)NC(Cc1ccc(O)cc1)C(=O)O. The molecule has 4 unspecified atom stereocenters. The Kier molecular flexibility index (Phi) is 12.2. The van der Waals surface area contributed by atoms with Gasteiger partial charge in [-0.1, -0.05) is 12.1 Å². The molecule has 4 atom stereocenters. The van der Waals surface area contributed by atoms with E-state index in [9.17, 15) is 34.5 Å². The number of carbonyl (C=O) groups is 4. The van der Waals surface area contributed by atoms with E-state index in [1.807, 2.05) is 0 Å². The van der Waals surface area contributed by atoms with Crippen molar-refractivity contribution in [1.29, 1.82) is 0 Å². The molecule has 3 amide bonds. The van der Waals surface area contributed by atoms with E-state index in [0.717, 1.165) is 0 Å². The molecule has 0 spiro atoms. The summed E-state index contributed by atoms with van der Waals surface area (Å²) in [5.41, 5.74) is 5.98. The van der Waals surface area contributed by atoms with Gasteiger partial charge in [0.2, 0.25) is 17.7 Å². The number of nitrogens with two attached hydrogens (primary N) is 1. The third kappa shape index (κ3) is 9.65. The standard InChI is InChI=1S/C20H30N4O8S/c1-33-7-6-14(22-17(28)13(21)9-25)18(29)24-16(10-26)19(30)23-15(20(31)32)8-11-2-4-12(27)5-3-11/h2-5,13-16,25-27H,6-10,21H2,1H3,(H,22,28)(H,23,30)(H,24,29)(H,31,32). The fourth-order valence-electron chi connectivity index (χ4n) is 2.67. The lowest BCUT2D eigenvalue weighted by atomic mass is 10.1. The lowest BCUT2D eigenvalue weighted by Crippen LogP contribution is -2.58. The highest BCUT2D eigenvalue weighted by atomic mass is 32.2. The summed E-state index contributed by atoms with van der Waals surface area (Å²) >= 11 is 1.41. The predicted octanol–water partition coefficient (Wildman–Crippen LogP) is -2.46. The smallest absolute Gasteiger partial charge is 0.326 e. The number of benzene rings is 1. The second kappa shape index (κ2) is 14.3. The monoisotopic (exact) mass is 486 g/mol. The van der Waals surface area contributed by atoms with Crippen LogP contribution in [0.5, 0.6) is 5.75 Å². The van der Waals surface area contributed by atoms with E-state index in [-0.39, 0.29) is 18.6 Å². The molecule has 0 aromatic heterocycles. The van der Waals surface area contributed by atoms with Crippen molar-refractivity contribution in [2.24, 2.45) is 5.73 Å². The van der Waals surface area contributed by atoms with Crippen molar-refractivity contribution >= 4 is 35.5 Å². The van der Waals surface area contributed by atoms with Crippen LogP contribution in [0, 0.1) is 0 Å². The topological polar surface area (TPSA) is 211 Å². The number of aliphatic carboxylic acids is 1.